The number of nitrogens with zero attached hydrogens (tertiary/aromatic N) is 2. The summed E-state index contributed by atoms with van der Waals surface area (Å²) in [5.41, 5.74) is 2.43. The van der Waals surface area contributed by atoms with Crippen LogP contribution in [-0.4, -0.2) is 27.3 Å². The molecule has 0 fully saturated rings. The fraction of sp³-hybridized carbons (Fsp3) is 0.786. The molecule has 0 saturated carbocycles. The van der Waals surface area contributed by atoms with Gasteiger partial charge >= 0.3 is 0 Å². The van der Waals surface area contributed by atoms with E-state index in [0.29, 0.717) is 10.8 Å². The van der Waals surface area contributed by atoms with E-state index in [1.807, 2.05) is 23.5 Å². The Balaban J connectivity index is 2.65. The minimum Gasteiger partial charge on any atom is -0.309 e. The van der Waals surface area contributed by atoms with Gasteiger partial charge in [-0.25, -0.2) is 0 Å². The van der Waals surface area contributed by atoms with Crippen LogP contribution in [0.2, 0.25) is 0 Å². The molecule has 104 valence electrons. The van der Waals surface area contributed by atoms with E-state index in [-0.39, 0.29) is 0 Å². The van der Waals surface area contributed by atoms with Gasteiger partial charge in [-0.1, -0.05) is 13.8 Å². The van der Waals surface area contributed by atoms with Gasteiger partial charge < -0.3 is 5.32 Å². The Morgan fingerprint density at radius 2 is 2.06 bits per heavy atom. The zero-order chi connectivity index (χ0) is 13.8. The standard InChI is InChI=1S/C14H27N3S/c1-7-14(8-2,18-6)10-15-11(3)13-9-17(5)16-12(13)4/h9,11,15H,7-8,10H2,1-6H3. The molecule has 3 nitrogen and oxygen atoms in total. The van der Waals surface area contributed by atoms with Gasteiger partial charge in [0.15, 0.2) is 0 Å². The number of hydrogen-bond acceptors (Lipinski definition) is 3. The number of hydrogen-bond donors (Lipinski definition) is 1. The number of aromatic nitrogens is 2. The first-order chi connectivity index (χ1) is 8.48. The maximum atomic E-state index is 4.41. The predicted molar refractivity (Wildman–Crippen MR) is 81.2 cm³/mol. The molecule has 1 rings (SSSR count). The largest absolute Gasteiger partial charge is 0.309 e. The van der Waals surface area contributed by atoms with Crippen LogP contribution in [0, 0.1) is 6.92 Å². The number of thioether (sulfide) groups is 1. The number of nitrogens with one attached hydrogen (secondary N) is 1. The molecule has 1 aromatic heterocycles. The van der Waals surface area contributed by atoms with Crippen molar-refractivity contribution in [2.75, 3.05) is 12.8 Å². The molecule has 1 atom stereocenters. The molecule has 0 aliphatic rings. The van der Waals surface area contributed by atoms with E-state index in [0.717, 1.165) is 12.2 Å². The molecule has 0 amide bonds. The van der Waals surface area contributed by atoms with Crippen LogP contribution in [-0.2, 0) is 7.05 Å². The van der Waals surface area contributed by atoms with Crippen molar-refractivity contribution in [2.24, 2.45) is 7.05 Å². The quantitative estimate of drug-likeness (QED) is 0.823. The molecule has 18 heavy (non-hydrogen) atoms. The van der Waals surface area contributed by atoms with E-state index in [4.69, 9.17) is 0 Å². The van der Waals surface area contributed by atoms with Crippen LogP contribution in [0.4, 0.5) is 0 Å². The van der Waals surface area contributed by atoms with E-state index >= 15 is 0 Å². The average molecular weight is 269 g/mol. The van der Waals surface area contributed by atoms with Gasteiger partial charge in [0, 0.05) is 36.1 Å². The Labute approximate surface area is 116 Å². The lowest BCUT2D eigenvalue weighted by atomic mass is 10.0. The van der Waals surface area contributed by atoms with Crippen molar-refractivity contribution in [1.29, 1.82) is 0 Å². The summed E-state index contributed by atoms with van der Waals surface area (Å²) in [5.74, 6) is 0. The van der Waals surface area contributed by atoms with Crippen LogP contribution in [0.5, 0.6) is 0 Å². The highest BCUT2D eigenvalue weighted by atomic mass is 32.2. The predicted octanol–water partition coefficient (Wildman–Crippen LogP) is 3.30. The maximum Gasteiger partial charge on any atom is 0.0641 e. The summed E-state index contributed by atoms with van der Waals surface area (Å²) < 4.78 is 2.26. The van der Waals surface area contributed by atoms with Gasteiger partial charge in [0.25, 0.3) is 0 Å². The Bertz CT molecular complexity index is 361. The van der Waals surface area contributed by atoms with Gasteiger partial charge in [0.1, 0.15) is 0 Å². The molecule has 1 heterocycles. The van der Waals surface area contributed by atoms with Crippen molar-refractivity contribution in [1.82, 2.24) is 15.1 Å². The zero-order valence-corrected chi connectivity index (χ0v) is 13.4. The molecule has 0 bridgehead atoms. The normalized spacial score (nSPS) is 13.9. The molecule has 1 aromatic rings. The summed E-state index contributed by atoms with van der Waals surface area (Å²) in [7, 11) is 1.98. The summed E-state index contributed by atoms with van der Waals surface area (Å²) in [6.07, 6.45) is 6.74. The van der Waals surface area contributed by atoms with Crippen molar-refractivity contribution >= 4 is 11.8 Å². The Kier molecular flexibility index (Phi) is 5.73. The van der Waals surface area contributed by atoms with Crippen LogP contribution in [0.25, 0.3) is 0 Å². The average Bonchev–Trinajstić information content (AvgIpc) is 2.70. The van der Waals surface area contributed by atoms with Crippen molar-refractivity contribution in [3.05, 3.63) is 17.5 Å². The minimum absolute atomic E-state index is 0.364. The second kappa shape index (κ2) is 6.62. The lowest BCUT2D eigenvalue weighted by Crippen LogP contribution is -2.37. The highest BCUT2D eigenvalue weighted by Crippen LogP contribution is 2.30. The molecule has 4 heteroatoms. The van der Waals surface area contributed by atoms with Crippen molar-refractivity contribution in [3.8, 4) is 0 Å². The third-order valence-electron chi connectivity index (χ3n) is 3.97. The molecule has 0 aromatic carbocycles. The number of rotatable bonds is 7. The Hall–Kier alpha value is -0.480. The van der Waals surface area contributed by atoms with Gasteiger partial charge in [-0.15, -0.1) is 0 Å². The summed E-state index contributed by atoms with van der Waals surface area (Å²) in [6.45, 7) is 9.91. The molecule has 0 radical (unpaired) electrons. The summed E-state index contributed by atoms with van der Waals surface area (Å²) in [6, 6.07) is 0.364. The monoisotopic (exact) mass is 269 g/mol. The van der Waals surface area contributed by atoms with E-state index in [2.05, 4.69) is 50.6 Å². The van der Waals surface area contributed by atoms with E-state index in [9.17, 15) is 0 Å². The molecule has 0 aliphatic carbocycles. The lowest BCUT2D eigenvalue weighted by Gasteiger charge is -2.31. The Morgan fingerprint density at radius 1 is 1.44 bits per heavy atom. The van der Waals surface area contributed by atoms with Crippen LogP contribution in [0.1, 0.15) is 50.9 Å². The fourth-order valence-corrected chi connectivity index (χ4v) is 3.16. The van der Waals surface area contributed by atoms with Crippen molar-refractivity contribution < 1.29 is 0 Å². The van der Waals surface area contributed by atoms with Gasteiger partial charge in [-0.3, -0.25) is 4.68 Å². The highest BCUT2D eigenvalue weighted by molar-refractivity contribution is 8.00. The van der Waals surface area contributed by atoms with E-state index in [1.165, 1.54) is 18.4 Å². The fourth-order valence-electron chi connectivity index (χ4n) is 2.35. The topological polar surface area (TPSA) is 29.9 Å². The summed E-state index contributed by atoms with van der Waals surface area (Å²) in [4.78, 5) is 0. The van der Waals surface area contributed by atoms with E-state index in [1.54, 1.807) is 0 Å². The number of aryl methyl sites for hydroxylation is 2. The Morgan fingerprint density at radius 3 is 2.44 bits per heavy atom. The molecule has 0 saturated heterocycles. The summed E-state index contributed by atoms with van der Waals surface area (Å²) in [5, 5.41) is 8.08. The molecule has 1 N–H and O–H groups in total. The van der Waals surface area contributed by atoms with Crippen molar-refractivity contribution in [3.63, 3.8) is 0 Å². The zero-order valence-electron chi connectivity index (χ0n) is 12.6. The van der Waals surface area contributed by atoms with Crippen LogP contribution >= 0.6 is 11.8 Å². The highest BCUT2D eigenvalue weighted by Gasteiger charge is 2.25. The minimum atomic E-state index is 0.364. The smallest absolute Gasteiger partial charge is 0.0641 e. The van der Waals surface area contributed by atoms with Gasteiger partial charge in [0.05, 0.1) is 5.69 Å². The SMILES string of the molecule is CCC(CC)(CNC(C)c1cn(C)nc1C)SC. The third kappa shape index (κ3) is 3.51. The second-order valence-corrected chi connectivity index (χ2v) is 6.31. The first-order valence-corrected chi connectivity index (χ1v) is 7.99. The third-order valence-corrected chi connectivity index (χ3v) is 5.56. The van der Waals surface area contributed by atoms with Crippen molar-refractivity contribution in [2.45, 2.75) is 51.3 Å². The molecular weight excluding hydrogens is 242 g/mol. The first-order valence-electron chi connectivity index (χ1n) is 6.76. The second-order valence-electron chi connectivity index (χ2n) is 5.04. The van der Waals surface area contributed by atoms with Crippen LogP contribution in [0.15, 0.2) is 6.20 Å². The van der Waals surface area contributed by atoms with Gasteiger partial charge in [-0.2, -0.15) is 16.9 Å². The molecule has 1 unspecified atom stereocenters. The molecule has 0 spiro atoms. The lowest BCUT2D eigenvalue weighted by molar-refractivity contribution is 0.459. The van der Waals surface area contributed by atoms with Gasteiger partial charge in [-0.05, 0) is 32.9 Å². The molecule has 0 aliphatic heterocycles. The van der Waals surface area contributed by atoms with Crippen LogP contribution in [0.3, 0.4) is 0 Å². The van der Waals surface area contributed by atoms with E-state index < -0.39 is 0 Å². The first kappa shape index (κ1) is 15.6. The maximum absolute atomic E-state index is 4.41. The molecular formula is C14H27N3S. The van der Waals surface area contributed by atoms with Gasteiger partial charge in [0.2, 0.25) is 0 Å². The van der Waals surface area contributed by atoms with Crippen LogP contribution < -0.4 is 5.32 Å². The summed E-state index contributed by atoms with van der Waals surface area (Å²) >= 11 is 1.98.